The minimum Gasteiger partial charge on any atom is -0.394 e. The zero-order chi connectivity index (χ0) is 29.6. The molecule has 2 aromatic rings. The van der Waals surface area contributed by atoms with Crippen molar-refractivity contribution in [3.8, 4) is 11.1 Å². The molecule has 8 atom stereocenters. The van der Waals surface area contributed by atoms with Crippen molar-refractivity contribution in [1.82, 2.24) is 15.3 Å². The summed E-state index contributed by atoms with van der Waals surface area (Å²) in [7, 11) is 3.46. The fraction of sp³-hybridized carbons (Fsp3) is 0.576. The molecule has 41 heavy (non-hydrogen) atoms. The molecule has 0 radical (unpaired) electrons. The highest BCUT2D eigenvalue weighted by atomic mass is 16.7. The Labute approximate surface area is 243 Å². The van der Waals surface area contributed by atoms with E-state index in [4.69, 9.17) is 4.84 Å². The van der Waals surface area contributed by atoms with Crippen molar-refractivity contribution in [1.29, 1.82) is 0 Å². The molecule has 3 unspecified atom stereocenters. The maximum atomic E-state index is 13.9. The lowest BCUT2D eigenvalue weighted by atomic mass is 9.45. The van der Waals surface area contributed by atoms with Crippen LogP contribution in [0.15, 0.2) is 48.5 Å². The van der Waals surface area contributed by atoms with Crippen molar-refractivity contribution in [2.45, 2.75) is 71.4 Å². The highest BCUT2D eigenvalue weighted by Crippen LogP contribution is 2.61. The standard InChI is InChI=1S/C33H45N3O5/c1-19-26-15-25(33(26,3)4)16-27(19)34-31(39)30-29(20(2)38)28(18-37)41-36(30)17-21-8-7-9-24(14-21)22-10-12-23(13-11-22)32(40)35(5)6/h7-14,19-20,25-30,37-38H,15-18H2,1-6H3,(H,34,39)/t19?,20?,25-,26+,27+,28?,29-,30+/m1/s1. The minimum absolute atomic E-state index is 0.0460. The number of carbonyl (C=O) groups is 2. The van der Waals surface area contributed by atoms with E-state index in [1.165, 1.54) is 6.42 Å². The van der Waals surface area contributed by atoms with E-state index in [1.54, 1.807) is 31.0 Å². The van der Waals surface area contributed by atoms with Crippen molar-refractivity contribution in [3.63, 3.8) is 0 Å². The third-order valence-corrected chi connectivity index (χ3v) is 10.2. The first kappa shape index (κ1) is 29.7. The van der Waals surface area contributed by atoms with E-state index >= 15 is 0 Å². The Morgan fingerprint density at radius 3 is 2.41 bits per heavy atom. The number of aliphatic hydroxyl groups excluding tert-OH is 2. The third kappa shape index (κ3) is 5.55. The predicted molar refractivity (Wildman–Crippen MR) is 157 cm³/mol. The number of hydroxylamine groups is 2. The van der Waals surface area contributed by atoms with Crippen LogP contribution < -0.4 is 5.32 Å². The van der Waals surface area contributed by atoms with Crippen LogP contribution >= 0.6 is 0 Å². The summed E-state index contributed by atoms with van der Waals surface area (Å²) < 4.78 is 0. The van der Waals surface area contributed by atoms with Gasteiger partial charge in [0.25, 0.3) is 5.91 Å². The van der Waals surface area contributed by atoms with Crippen LogP contribution in [0.4, 0.5) is 0 Å². The largest absolute Gasteiger partial charge is 0.394 e. The molecule has 4 aliphatic rings. The predicted octanol–water partition coefficient (Wildman–Crippen LogP) is 3.72. The maximum absolute atomic E-state index is 13.9. The number of nitrogens with zero attached hydrogens (tertiary/aromatic N) is 2. The molecule has 1 saturated heterocycles. The summed E-state index contributed by atoms with van der Waals surface area (Å²) in [5, 5.41) is 25.8. The van der Waals surface area contributed by atoms with Crippen molar-refractivity contribution >= 4 is 11.8 Å². The topological polar surface area (TPSA) is 102 Å². The summed E-state index contributed by atoms with van der Waals surface area (Å²) in [5.41, 5.74) is 3.84. The summed E-state index contributed by atoms with van der Waals surface area (Å²) in [6, 6.07) is 14.9. The van der Waals surface area contributed by atoms with Gasteiger partial charge in [0.05, 0.1) is 19.3 Å². The Hall–Kier alpha value is -2.78. The average Bonchev–Trinajstić information content (AvgIpc) is 3.32. The molecule has 0 aromatic heterocycles. The van der Waals surface area contributed by atoms with Crippen LogP contribution in [-0.2, 0) is 16.2 Å². The molecule has 1 aliphatic heterocycles. The number of hydrogen-bond donors (Lipinski definition) is 3. The fourth-order valence-electron chi connectivity index (χ4n) is 7.58. The van der Waals surface area contributed by atoms with Gasteiger partial charge in [-0.3, -0.25) is 14.4 Å². The van der Waals surface area contributed by atoms with E-state index in [1.807, 2.05) is 48.5 Å². The van der Waals surface area contributed by atoms with Gasteiger partial charge >= 0.3 is 0 Å². The number of hydrogen-bond acceptors (Lipinski definition) is 6. The Kier molecular flexibility index (Phi) is 8.32. The van der Waals surface area contributed by atoms with Crippen molar-refractivity contribution < 1.29 is 24.6 Å². The molecule has 3 saturated carbocycles. The average molecular weight is 564 g/mol. The zero-order valence-corrected chi connectivity index (χ0v) is 25.1. The number of aliphatic hydroxyl groups is 2. The van der Waals surface area contributed by atoms with E-state index in [0.29, 0.717) is 35.3 Å². The van der Waals surface area contributed by atoms with Gasteiger partial charge in [0.2, 0.25) is 5.91 Å². The van der Waals surface area contributed by atoms with E-state index in [2.05, 4.69) is 26.1 Å². The quantitative estimate of drug-likeness (QED) is 0.453. The summed E-state index contributed by atoms with van der Waals surface area (Å²) in [4.78, 5) is 33.8. The number of benzene rings is 2. The second kappa shape index (κ2) is 11.5. The number of amides is 2. The first-order valence-corrected chi connectivity index (χ1v) is 14.9. The van der Waals surface area contributed by atoms with Crippen molar-refractivity contribution in [2.24, 2.45) is 29.1 Å². The molecule has 0 spiro atoms. The lowest BCUT2D eigenvalue weighted by molar-refractivity contribution is -0.183. The first-order chi connectivity index (χ1) is 19.4. The van der Waals surface area contributed by atoms with Crippen LogP contribution in [0.5, 0.6) is 0 Å². The lowest BCUT2D eigenvalue weighted by Crippen LogP contribution is -2.62. The Morgan fingerprint density at radius 2 is 1.83 bits per heavy atom. The number of nitrogens with one attached hydrogen (secondary N) is 1. The lowest BCUT2D eigenvalue weighted by Gasteiger charge is -2.62. The van der Waals surface area contributed by atoms with Gasteiger partial charge in [-0.05, 0) is 77.8 Å². The Morgan fingerprint density at radius 1 is 1.12 bits per heavy atom. The van der Waals surface area contributed by atoms with Gasteiger partial charge < -0.3 is 20.4 Å². The van der Waals surface area contributed by atoms with Gasteiger partial charge in [-0.1, -0.05) is 51.1 Å². The fourth-order valence-corrected chi connectivity index (χ4v) is 7.58. The summed E-state index contributed by atoms with van der Waals surface area (Å²) in [6.07, 6.45) is 0.687. The summed E-state index contributed by atoms with van der Waals surface area (Å²) in [6.45, 7) is 8.62. The van der Waals surface area contributed by atoms with Gasteiger partial charge in [0.15, 0.2) is 0 Å². The highest BCUT2D eigenvalue weighted by Gasteiger charge is 2.57. The van der Waals surface area contributed by atoms with Gasteiger partial charge in [-0.15, -0.1) is 0 Å². The molecular weight excluding hydrogens is 518 g/mol. The SMILES string of the molecule is CC(O)[C@@H]1C(CO)ON(Cc2cccc(-c3ccc(C(=O)N(C)C)cc3)c2)[C@@H]1C(=O)N[C@H]1C[C@H]2C[C@@H](C1C)C2(C)C. The molecule has 8 heteroatoms. The molecule has 1 heterocycles. The Bertz CT molecular complexity index is 1260. The van der Waals surface area contributed by atoms with Crippen LogP contribution in [0.2, 0.25) is 0 Å². The first-order valence-electron chi connectivity index (χ1n) is 14.9. The molecule has 2 bridgehead atoms. The monoisotopic (exact) mass is 563 g/mol. The molecule has 4 fully saturated rings. The summed E-state index contributed by atoms with van der Waals surface area (Å²) in [5.74, 6) is 0.827. The summed E-state index contributed by atoms with van der Waals surface area (Å²) >= 11 is 0. The van der Waals surface area contributed by atoms with E-state index in [0.717, 1.165) is 23.1 Å². The third-order valence-electron chi connectivity index (χ3n) is 10.2. The van der Waals surface area contributed by atoms with Crippen LogP contribution in [0.25, 0.3) is 11.1 Å². The maximum Gasteiger partial charge on any atom is 0.253 e. The van der Waals surface area contributed by atoms with E-state index < -0.39 is 24.2 Å². The smallest absolute Gasteiger partial charge is 0.253 e. The Balaban J connectivity index is 1.34. The van der Waals surface area contributed by atoms with E-state index in [9.17, 15) is 19.8 Å². The van der Waals surface area contributed by atoms with Crippen LogP contribution in [0.1, 0.15) is 56.5 Å². The van der Waals surface area contributed by atoms with Crippen molar-refractivity contribution in [2.75, 3.05) is 20.7 Å². The van der Waals surface area contributed by atoms with Crippen molar-refractivity contribution in [3.05, 3.63) is 59.7 Å². The van der Waals surface area contributed by atoms with Gasteiger partial charge in [0.1, 0.15) is 12.1 Å². The molecule has 222 valence electrons. The van der Waals surface area contributed by atoms with Crippen LogP contribution in [0, 0.1) is 29.1 Å². The number of carbonyl (C=O) groups excluding carboxylic acids is 2. The molecule has 8 nitrogen and oxygen atoms in total. The van der Waals surface area contributed by atoms with E-state index in [-0.39, 0.29) is 24.5 Å². The molecule has 3 aliphatic carbocycles. The molecule has 3 N–H and O–H groups in total. The van der Waals surface area contributed by atoms with Gasteiger partial charge in [0, 0.05) is 31.6 Å². The second-order valence-corrected chi connectivity index (χ2v) is 13.2. The molecule has 2 aromatic carbocycles. The number of fused-ring (bicyclic) bond motifs is 2. The highest BCUT2D eigenvalue weighted by molar-refractivity contribution is 5.94. The van der Waals surface area contributed by atoms with Gasteiger partial charge in [-0.2, -0.15) is 5.06 Å². The molecular formula is C33H45N3O5. The second-order valence-electron chi connectivity index (χ2n) is 13.2. The van der Waals surface area contributed by atoms with Crippen LogP contribution in [-0.4, -0.2) is 77.0 Å². The zero-order valence-electron chi connectivity index (χ0n) is 25.1. The minimum atomic E-state index is -0.834. The van der Waals surface area contributed by atoms with Crippen LogP contribution in [0.3, 0.4) is 0 Å². The molecule has 6 rings (SSSR count). The molecule has 2 amide bonds. The van der Waals surface area contributed by atoms with Gasteiger partial charge in [-0.25, -0.2) is 0 Å². The normalized spacial score (nSPS) is 31.3. The number of rotatable bonds is 8.